The van der Waals surface area contributed by atoms with Crippen molar-refractivity contribution < 1.29 is 4.79 Å². The third-order valence-electron chi connectivity index (χ3n) is 4.57. The van der Waals surface area contributed by atoms with Crippen LogP contribution in [-0.2, 0) is 11.2 Å². The van der Waals surface area contributed by atoms with Crippen LogP contribution < -0.4 is 5.32 Å². The number of carbonyl (C=O) groups excluding carboxylic acids is 1. The molecule has 6 heteroatoms. The maximum absolute atomic E-state index is 12.6. The zero-order valence-electron chi connectivity index (χ0n) is 12.4. The highest BCUT2D eigenvalue weighted by Gasteiger charge is 2.37. The van der Waals surface area contributed by atoms with E-state index in [-0.39, 0.29) is 18.3 Å². The largest absolute Gasteiger partial charge is 0.335 e. The second-order valence-electron chi connectivity index (χ2n) is 5.91. The summed E-state index contributed by atoms with van der Waals surface area (Å²) in [6.45, 7) is 1.96. The molecule has 0 saturated carbocycles. The van der Waals surface area contributed by atoms with Crippen LogP contribution in [0.5, 0.6) is 0 Å². The van der Waals surface area contributed by atoms with Gasteiger partial charge < -0.3 is 10.2 Å². The first-order valence-corrected chi connectivity index (χ1v) is 8.36. The Morgan fingerprint density at radius 2 is 2.00 bits per heavy atom. The van der Waals surface area contributed by atoms with E-state index in [1.165, 1.54) is 0 Å². The quantitative estimate of drug-likeness (QED) is 0.888. The Morgan fingerprint density at radius 3 is 2.77 bits per heavy atom. The molecule has 0 aromatic heterocycles. The zero-order chi connectivity index (χ0) is 14.8. The second kappa shape index (κ2) is 7.87. The van der Waals surface area contributed by atoms with Crippen LogP contribution >= 0.6 is 35.6 Å². The monoisotopic (exact) mass is 362 g/mol. The molecule has 2 bridgehead atoms. The molecular weight excluding hydrogens is 343 g/mol. The summed E-state index contributed by atoms with van der Waals surface area (Å²) in [5.74, 6) is 0.261. The molecule has 0 spiro atoms. The fourth-order valence-corrected chi connectivity index (χ4v) is 3.99. The molecule has 1 amide bonds. The molecule has 0 aliphatic carbocycles. The van der Waals surface area contributed by atoms with Crippen molar-refractivity contribution in [2.24, 2.45) is 0 Å². The molecule has 2 aliphatic heterocycles. The standard InChI is InChI=1S/C16H20Cl2N2O.ClH/c17-12-3-1-11(15(18)9-12)2-6-16(21)20-13-4-5-14(20)10-19-8-7-13;/h1,3,9,13-14,19H,2,4-8,10H2;1H. The van der Waals surface area contributed by atoms with E-state index in [0.717, 1.165) is 37.9 Å². The van der Waals surface area contributed by atoms with Gasteiger partial charge in [-0.05, 0) is 49.9 Å². The number of benzene rings is 1. The Balaban J connectivity index is 0.00000176. The minimum absolute atomic E-state index is 0. The van der Waals surface area contributed by atoms with E-state index in [2.05, 4.69) is 10.2 Å². The summed E-state index contributed by atoms with van der Waals surface area (Å²) in [5.41, 5.74) is 0.995. The molecule has 2 atom stereocenters. The Morgan fingerprint density at radius 1 is 1.23 bits per heavy atom. The molecule has 2 aliphatic rings. The molecule has 1 aromatic carbocycles. The highest BCUT2D eigenvalue weighted by Crippen LogP contribution is 2.29. The van der Waals surface area contributed by atoms with Crippen LogP contribution in [-0.4, -0.2) is 36.0 Å². The number of hydrogen-bond acceptors (Lipinski definition) is 2. The van der Waals surface area contributed by atoms with Crippen LogP contribution in [0.15, 0.2) is 18.2 Å². The van der Waals surface area contributed by atoms with Crippen LogP contribution in [0.1, 0.15) is 31.2 Å². The van der Waals surface area contributed by atoms with E-state index >= 15 is 0 Å². The first kappa shape index (κ1) is 17.9. The zero-order valence-corrected chi connectivity index (χ0v) is 14.7. The Bertz CT molecular complexity index is 524. The number of nitrogens with zero attached hydrogens (tertiary/aromatic N) is 1. The molecule has 122 valence electrons. The summed E-state index contributed by atoms with van der Waals surface area (Å²) in [7, 11) is 0. The maximum atomic E-state index is 12.6. The van der Waals surface area contributed by atoms with Crippen molar-refractivity contribution in [3.63, 3.8) is 0 Å². The van der Waals surface area contributed by atoms with Gasteiger partial charge in [0, 0.05) is 35.1 Å². The lowest BCUT2D eigenvalue weighted by molar-refractivity contribution is -0.133. The van der Waals surface area contributed by atoms with Crippen LogP contribution in [0, 0.1) is 0 Å². The molecular formula is C16H21Cl3N2O. The molecule has 2 heterocycles. The minimum atomic E-state index is 0. The predicted octanol–water partition coefficient (Wildman–Crippen LogP) is 3.70. The van der Waals surface area contributed by atoms with Crippen molar-refractivity contribution in [2.75, 3.05) is 13.1 Å². The van der Waals surface area contributed by atoms with E-state index < -0.39 is 0 Å². The summed E-state index contributed by atoms with van der Waals surface area (Å²) in [5, 5.41) is 4.70. The number of amides is 1. The van der Waals surface area contributed by atoms with Crippen molar-refractivity contribution in [1.29, 1.82) is 0 Å². The number of fused-ring (bicyclic) bond motifs is 2. The van der Waals surface area contributed by atoms with E-state index in [4.69, 9.17) is 23.2 Å². The van der Waals surface area contributed by atoms with E-state index in [0.29, 0.717) is 35.0 Å². The number of rotatable bonds is 3. The minimum Gasteiger partial charge on any atom is -0.335 e. The summed E-state index contributed by atoms with van der Waals surface area (Å²) < 4.78 is 0. The normalized spacial score (nSPS) is 23.8. The van der Waals surface area contributed by atoms with E-state index in [1.54, 1.807) is 6.07 Å². The average molecular weight is 364 g/mol. The lowest BCUT2D eigenvalue weighted by Crippen LogP contribution is -2.42. The number of carbonyl (C=O) groups is 1. The van der Waals surface area contributed by atoms with Gasteiger partial charge in [0.05, 0.1) is 0 Å². The third-order valence-corrected chi connectivity index (χ3v) is 5.15. The predicted molar refractivity (Wildman–Crippen MR) is 93.2 cm³/mol. The summed E-state index contributed by atoms with van der Waals surface area (Å²) in [6, 6.07) is 6.29. The van der Waals surface area contributed by atoms with Crippen molar-refractivity contribution in [2.45, 2.75) is 44.2 Å². The Kier molecular flexibility index (Phi) is 6.39. The maximum Gasteiger partial charge on any atom is 0.223 e. The second-order valence-corrected chi connectivity index (χ2v) is 6.76. The van der Waals surface area contributed by atoms with Crippen molar-refractivity contribution >= 4 is 41.5 Å². The van der Waals surface area contributed by atoms with Gasteiger partial charge in [0.25, 0.3) is 0 Å². The molecule has 3 nitrogen and oxygen atoms in total. The Hall–Kier alpha value is -0.480. The van der Waals surface area contributed by atoms with E-state index in [1.807, 2.05) is 12.1 Å². The van der Waals surface area contributed by atoms with Gasteiger partial charge in [-0.3, -0.25) is 4.79 Å². The van der Waals surface area contributed by atoms with Gasteiger partial charge in [-0.15, -0.1) is 12.4 Å². The van der Waals surface area contributed by atoms with Crippen molar-refractivity contribution in [3.8, 4) is 0 Å². The number of nitrogens with one attached hydrogen (secondary N) is 1. The smallest absolute Gasteiger partial charge is 0.223 e. The van der Waals surface area contributed by atoms with Gasteiger partial charge in [0.1, 0.15) is 0 Å². The third kappa shape index (κ3) is 3.88. The summed E-state index contributed by atoms with van der Waals surface area (Å²) >= 11 is 12.1. The van der Waals surface area contributed by atoms with Gasteiger partial charge in [-0.2, -0.15) is 0 Å². The highest BCUT2D eigenvalue weighted by molar-refractivity contribution is 6.35. The average Bonchev–Trinajstić information content (AvgIpc) is 2.71. The first-order valence-electron chi connectivity index (χ1n) is 7.61. The molecule has 2 saturated heterocycles. The topological polar surface area (TPSA) is 32.3 Å². The number of hydrogen-bond donors (Lipinski definition) is 1. The number of halogens is 3. The molecule has 22 heavy (non-hydrogen) atoms. The Labute approximate surface area is 147 Å². The van der Waals surface area contributed by atoms with Crippen LogP contribution in [0.3, 0.4) is 0 Å². The fraction of sp³-hybridized carbons (Fsp3) is 0.562. The van der Waals surface area contributed by atoms with Crippen molar-refractivity contribution in [1.82, 2.24) is 10.2 Å². The van der Waals surface area contributed by atoms with Gasteiger partial charge >= 0.3 is 0 Å². The number of aryl methyl sites for hydroxylation is 1. The van der Waals surface area contributed by atoms with Gasteiger partial charge in [0.15, 0.2) is 0 Å². The molecule has 1 aromatic rings. The molecule has 2 unspecified atom stereocenters. The first-order chi connectivity index (χ1) is 10.1. The SMILES string of the molecule is Cl.O=C(CCc1ccc(Cl)cc1Cl)N1C2CCNCC1CC2. The molecule has 1 N–H and O–H groups in total. The van der Waals surface area contributed by atoms with Gasteiger partial charge in [-0.25, -0.2) is 0 Å². The van der Waals surface area contributed by atoms with Crippen LogP contribution in [0.2, 0.25) is 10.0 Å². The lowest BCUT2D eigenvalue weighted by Gasteiger charge is -2.28. The van der Waals surface area contributed by atoms with Gasteiger partial charge in [0.2, 0.25) is 5.91 Å². The summed E-state index contributed by atoms with van der Waals surface area (Å²) in [4.78, 5) is 14.7. The van der Waals surface area contributed by atoms with Crippen LogP contribution in [0.25, 0.3) is 0 Å². The van der Waals surface area contributed by atoms with Crippen LogP contribution in [0.4, 0.5) is 0 Å². The molecule has 0 radical (unpaired) electrons. The van der Waals surface area contributed by atoms with Crippen molar-refractivity contribution in [3.05, 3.63) is 33.8 Å². The van der Waals surface area contributed by atoms with E-state index in [9.17, 15) is 4.79 Å². The lowest BCUT2D eigenvalue weighted by atomic mass is 10.1. The highest BCUT2D eigenvalue weighted by atomic mass is 35.5. The summed E-state index contributed by atoms with van der Waals surface area (Å²) in [6.07, 6.45) is 4.56. The fourth-order valence-electron chi connectivity index (χ4n) is 3.48. The molecule has 2 fully saturated rings. The van der Waals surface area contributed by atoms with Gasteiger partial charge in [-0.1, -0.05) is 29.3 Å². The molecule has 3 rings (SSSR count).